The molecule has 0 saturated carbocycles. The molecule has 0 bridgehead atoms. The quantitative estimate of drug-likeness (QED) is 0.862. The van der Waals surface area contributed by atoms with Crippen LogP contribution in [0.4, 0.5) is 5.82 Å². The van der Waals surface area contributed by atoms with Crippen LogP contribution in [-0.4, -0.2) is 9.78 Å². The molecule has 2 N–H and O–H groups in total. The van der Waals surface area contributed by atoms with Crippen molar-refractivity contribution >= 4 is 21.7 Å². The van der Waals surface area contributed by atoms with Gasteiger partial charge in [0.2, 0.25) is 0 Å². The molecule has 0 radical (unpaired) electrons. The second kappa shape index (κ2) is 3.70. The lowest BCUT2D eigenvalue weighted by Gasteiger charge is -2.03. The smallest absolute Gasteiger partial charge is 0.121 e. The summed E-state index contributed by atoms with van der Waals surface area (Å²) in [5, 5.41) is 4.35. The zero-order valence-corrected chi connectivity index (χ0v) is 10.2. The van der Waals surface area contributed by atoms with Crippen LogP contribution >= 0.6 is 15.9 Å². The van der Waals surface area contributed by atoms with E-state index in [1.54, 1.807) is 4.68 Å². The van der Waals surface area contributed by atoms with E-state index >= 15 is 0 Å². The lowest BCUT2D eigenvalue weighted by atomic mass is 10.1. The Kier molecular flexibility index (Phi) is 2.52. The fourth-order valence-corrected chi connectivity index (χ4v) is 1.86. The first-order valence-electron chi connectivity index (χ1n) is 4.64. The number of rotatable bonds is 1. The summed E-state index contributed by atoms with van der Waals surface area (Å²) in [5.74, 6) is 0.671. The summed E-state index contributed by atoms with van der Waals surface area (Å²) in [6, 6.07) is 7.94. The topological polar surface area (TPSA) is 43.8 Å². The maximum Gasteiger partial charge on any atom is 0.121 e. The minimum Gasteiger partial charge on any atom is -0.384 e. The van der Waals surface area contributed by atoms with E-state index in [1.165, 1.54) is 5.56 Å². The summed E-state index contributed by atoms with van der Waals surface area (Å²) in [5.41, 5.74) is 8.95. The van der Waals surface area contributed by atoms with E-state index in [0.29, 0.717) is 5.82 Å². The highest BCUT2D eigenvalue weighted by atomic mass is 79.9. The Hall–Kier alpha value is -1.29. The summed E-state index contributed by atoms with van der Waals surface area (Å²) in [6.07, 6.45) is 0. The molecule has 0 saturated heterocycles. The number of hydrogen-bond acceptors (Lipinski definition) is 2. The monoisotopic (exact) mass is 265 g/mol. The molecule has 2 rings (SSSR count). The Morgan fingerprint density at radius 3 is 2.73 bits per heavy atom. The predicted octanol–water partition coefficient (Wildman–Crippen LogP) is 2.74. The van der Waals surface area contributed by atoms with Crippen molar-refractivity contribution in [3.8, 4) is 11.3 Å². The van der Waals surface area contributed by atoms with Crippen molar-refractivity contribution in [3.63, 3.8) is 0 Å². The van der Waals surface area contributed by atoms with Gasteiger partial charge in [-0.1, -0.05) is 28.1 Å². The largest absolute Gasteiger partial charge is 0.384 e. The van der Waals surface area contributed by atoms with Crippen LogP contribution in [0, 0.1) is 6.92 Å². The first kappa shape index (κ1) is 10.2. The van der Waals surface area contributed by atoms with Gasteiger partial charge in [-0.25, -0.2) is 0 Å². The molecule has 0 aliphatic heterocycles. The van der Waals surface area contributed by atoms with E-state index in [4.69, 9.17) is 5.73 Å². The van der Waals surface area contributed by atoms with Gasteiger partial charge in [0, 0.05) is 23.2 Å². The van der Waals surface area contributed by atoms with E-state index in [9.17, 15) is 0 Å². The molecular weight excluding hydrogens is 254 g/mol. The van der Waals surface area contributed by atoms with E-state index in [2.05, 4.69) is 28.0 Å². The summed E-state index contributed by atoms with van der Waals surface area (Å²) in [4.78, 5) is 0. The maximum absolute atomic E-state index is 5.75. The number of anilines is 1. The first-order chi connectivity index (χ1) is 7.09. The highest BCUT2D eigenvalue weighted by Gasteiger charge is 2.08. The Balaban J connectivity index is 2.59. The maximum atomic E-state index is 5.75. The number of aryl methyl sites for hydroxylation is 1. The van der Waals surface area contributed by atoms with E-state index in [0.717, 1.165) is 15.7 Å². The lowest BCUT2D eigenvalue weighted by Crippen LogP contribution is -1.96. The number of nitrogens with two attached hydrogens (primary N) is 1. The zero-order chi connectivity index (χ0) is 11.0. The van der Waals surface area contributed by atoms with Crippen LogP contribution in [0.3, 0.4) is 0 Å². The minimum atomic E-state index is 0.671. The summed E-state index contributed by atoms with van der Waals surface area (Å²) in [7, 11) is 1.84. The molecule has 4 heteroatoms. The van der Waals surface area contributed by atoms with Crippen LogP contribution in [-0.2, 0) is 7.05 Å². The molecule has 0 amide bonds. The Labute approximate surface area is 97.0 Å². The van der Waals surface area contributed by atoms with Crippen LogP contribution in [0.15, 0.2) is 28.7 Å². The van der Waals surface area contributed by atoms with Gasteiger partial charge in [0.15, 0.2) is 0 Å². The summed E-state index contributed by atoms with van der Waals surface area (Å²) >= 11 is 3.50. The highest BCUT2D eigenvalue weighted by Crippen LogP contribution is 2.28. The Morgan fingerprint density at radius 1 is 1.40 bits per heavy atom. The predicted molar refractivity (Wildman–Crippen MR) is 65.5 cm³/mol. The van der Waals surface area contributed by atoms with E-state index < -0.39 is 0 Å². The van der Waals surface area contributed by atoms with Gasteiger partial charge in [0.1, 0.15) is 5.82 Å². The number of aromatic nitrogens is 2. The van der Waals surface area contributed by atoms with Crippen molar-refractivity contribution in [2.24, 2.45) is 7.05 Å². The SMILES string of the molecule is Cc1c(Br)cccc1-c1cc(N)n(C)n1. The van der Waals surface area contributed by atoms with Gasteiger partial charge in [-0.2, -0.15) is 5.10 Å². The molecule has 0 aliphatic carbocycles. The third-order valence-electron chi connectivity index (χ3n) is 2.46. The number of halogens is 1. The van der Waals surface area contributed by atoms with Crippen LogP contribution in [0.25, 0.3) is 11.3 Å². The molecule has 0 fully saturated rings. The molecule has 1 heterocycles. The average Bonchev–Trinajstić information content (AvgIpc) is 2.51. The van der Waals surface area contributed by atoms with Crippen molar-refractivity contribution in [1.82, 2.24) is 9.78 Å². The lowest BCUT2D eigenvalue weighted by molar-refractivity contribution is 0.782. The van der Waals surface area contributed by atoms with Crippen LogP contribution < -0.4 is 5.73 Å². The standard InChI is InChI=1S/C11H12BrN3/c1-7-8(4-3-5-9(7)12)10-6-11(13)15(2)14-10/h3-6H,13H2,1-2H3. The van der Waals surface area contributed by atoms with E-state index in [1.807, 2.05) is 31.3 Å². The molecule has 0 spiro atoms. The molecule has 15 heavy (non-hydrogen) atoms. The number of nitrogens with zero attached hydrogens (tertiary/aromatic N) is 2. The van der Waals surface area contributed by atoms with Gasteiger partial charge < -0.3 is 5.73 Å². The van der Waals surface area contributed by atoms with Gasteiger partial charge in [-0.05, 0) is 18.6 Å². The molecule has 0 aliphatic rings. The number of nitrogen functional groups attached to an aromatic ring is 1. The molecule has 1 aromatic heterocycles. The number of hydrogen-bond donors (Lipinski definition) is 1. The Bertz CT molecular complexity index is 483. The molecule has 1 aromatic carbocycles. The molecule has 0 atom stereocenters. The van der Waals surface area contributed by atoms with Gasteiger partial charge in [0.25, 0.3) is 0 Å². The van der Waals surface area contributed by atoms with Crippen molar-refractivity contribution in [2.75, 3.05) is 5.73 Å². The van der Waals surface area contributed by atoms with Gasteiger partial charge in [0.05, 0.1) is 5.69 Å². The normalized spacial score (nSPS) is 10.6. The second-order valence-electron chi connectivity index (χ2n) is 3.49. The van der Waals surface area contributed by atoms with Gasteiger partial charge in [-0.15, -0.1) is 0 Å². The summed E-state index contributed by atoms with van der Waals surface area (Å²) in [6.45, 7) is 2.06. The highest BCUT2D eigenvalue weighted by molar-refractivity contribution is 9.10. The zero-order valence-electron chi connectivity index (χ0n) is 8.66. The third kappa shape index (κ3) is 1.77. The van der Waals surface area contributed by atoms with Gasteiger partial charge in [-0.3, -0.25) is 4.68 Å². The number of benzene rings is 1. The average molecular weight is 266 g/mol. The second-order valence-corrected chi connectivity index (χ2v) is 4.34. The summed E-state index contributed by atoms with van der Waals surface area (Å²) < 4.78 is 2.76. The van der Waals surface area contributed by atoms with Crippen LogP contribution in [0.1, 0.15) is 5.56 Å². The Morgan fingerprint density at radius 2 is 2.13 bits per heavy atom. The van der Waals surface area contributed by atoms with Crippen LogP contribution in [0.5, 0.6) is 0 Å². The molecule has 0 unspecified atom stereocenters. The van der Waals surface area contributed by atoms with E-state index in [-0.39, 0.29) is 0 Å². The van der Waals surface area contributed by atoms with Crippen molar-refractivity contribution < 1.29 is 0 Å². The first-order valence-corrected chi connectivity index (χ1v) is 5.44. The molecule has 78 valence electrons. The minimum absolute atomic E-state index is 0.671. The molecular formula is C11H12BrN3. The van der Waals surface area contributed by atoms with Crippen molar-refractivity contribution in [2.45, 2.75) is 6.92 Å². The van der Waals surface area contributed by atoms with Gasteiger partial charge >= 0.3 is 0 Å². The molecule has 2 aromatic rings. The fraction of sp³-hybridized carbons (Fsp3) is 0.182. The van der Waals surface area contributed by atoms with Crippen molar-refractivity contribution in [3.05, 3.63) is 34.3 Å². The fourth-order valence-electron chi connectivity index (χ4n) is 1.50. The van der Waals surface area contributed by atoms with Crippen molar-refractivity contribution in [1.29, 1.82) is 0 Å². The van der Waals surface area contributed by atoms with Crippen LogP contribution in [0.2, 0.25) is 0 Å². The molecule has 3 nitrogen and oxygen atoms in total. The third-order valence-corrected chi connectivity index (χ3v) is 3.32.